The first-order chi connectivity index (χ1) is 12.3. The molecule has 0 unspecified atom stereocenters. The summed E-state index contributed by atoms with van der Waals surface area (Å²) in [5.74, 6) is -5.84. The van der Waals surface area contributed by atoms with Crippen molar-refractivity contribution >= 4 is 29.1 Å². The van der Waals surface area contributed by atoms with Gasteiger partial charge in [-0.15, -0.1) is 0 Å². The van der Waals surface area contributed by atoms with E-state index in [1.165, 1.54) is 0 Å². The van der Waals surface area contributed by atoms with Crippen molar-refractivity contribution in [1.29, 1.82) is 0 Å². The second-order valence-corrected chi connectivity index (χ2v) is 5.97. The van der Waals surface area contributed by atoms with Gasteiger partial charge in [0.2, 0.25) is 11.8 Å². The van der Waals surface area contributed by atoms with Crippen LogP contribution in [0, 0.1) is 17.5 Å². The quantitative estimate of drug-likeness (QED) is 0.775. The topological polar surface area (TPSA) is 49.4 Å². The van der Waals surface area contributed by atoms with E-state index in [4.69, 9.17) is 11.6 Å². The molecule has 1 N–H and O–H groups in total. The number of nitrogens with one attached hydrogen (secondary N) is 1. The van der Waals surface area contributed by atoms with Crippen LogP contribution in [0.1, 0.15) is 12.5 Å². The van der Waals surface area contributed by atoms with Gasteiger partial charge in [-0.1, -0.05) is 23.7 Å². The molecule has 4 nitrogen and oxygen atoms in total. The SMILES string of the molecule is CC(=O)N(CC(=O)NCCc1cccc(Cl)c1)c1ccc(F)c(F)c1F. The number of carbonyl (C=O) groups excluding carboxylic acids is 2. The van der Waals surface area contributed by atoms with Crippen LogP contribution in [0.15, 0.2) is 36.4 Å². The highest BCUT2D eigenvalue weighted by Crippen LogP contribution is 2.23. The molecule has 2 aromatic rings. The van der Waals surface area contributed by atoms with Crippen molar-refractivity contribution in [1.82, 2.24) is 5.32 Å². The van der Waals surface area contributed by atoms with Gasteiger partial charge in [-0.25, -0.2) is 13.2 Å². The maximum atomic E-state index is 13.9. The lowest BCUT2D eigenvalue weighted by Crippen LogP contribution is -2.41. The molecule has 0 aromatic heterocycles. The fraction of sp³-hybridized carbons (Fsp3) is 0.222. The third kappa shape index (κ3) is 4.98. The van der Waals surface area contributed by atoms with Crippen molar-refractivity contribution < 1.29 is 22.8 Å². The number of hydrogen-bond acceptors (Lipinski definition) is 2. The van der Waals surface area contributed by atoms with Crippen LogP contribution in [0.3, 0.4) is 0 Å². The molecule has 2 aromatic carbocycles. The Morgan fingerprint density at radius 3 is 2.50 bits per heavy atom. The zero-order chi connectivity index (χ0) is 19.3. The summed E-state index contributed by atoms with van der Waals surface area (Å²) in [7, 11) is 0. The maximum absolute atomic E-state index is 13.9. The highest BCUT2D eigenvalue weighted by Gasteiger charge is 2.22. The van der Waals surface area contributed by atoms with Crippen molar-refractivity contribution in [2.24, 2.45) is 0 Å². The van der Waals surface area contributed by atoms with E-state index in [0.717, 1.165) is 23.5 Å². The lowest BCUT2D eigenvalue weighted by molar-refractivity contribution is -0.123. The van der Waals surface area contributed by atoms with Crippen LogP contribution in [-0.4, -0.2) is 24.9 Å². The molecule has 0 aliphatic heterocycles. The van der Waals surface area contributed by atoms with Crippen molar-refractivity contribution in [3.63, 3.8) is 0 Å². The minimum atomic E-state index is -1.70. The maximum Gasteiger partial charge on any atom is 0.240 e. The van der Waals surface area contributed by atoms with E-state index in [1.54, 1.807) is 18.2 Å². The third-order valence-corrected chi connectivity index (χ3v) is 3.85. The molecule has 0 spiro atoms. The molecular weight excluding hydrogens is 369 g/mol. The summed E-state index contributed by atoms with van der Waals surface area (Å²) >= 11 is 5.87. The molecule has 0 bridgehead atoms. The average Bonchev–Trinajstić information content (AvgIpc) is 2.58. The van der Waals surface area contributed by atoms with Gasteiger partial charge in [0.15, 0.2) is 17.5 Å². The molecule has 2 rings (SSSR count). The second-order valence-electron chi connectivity index (χ2n) is 5.53. The summed E-state index contributed by atoms with van der Waals surface area (Å²) in [4.78, 5) is 24.5. The molecule has 2 amide bonds. The summed E-state index contributed by atoms with van der Waals surface area (Å²) in [6.07, 6.45) is 0.506. The van der Waals surface area contributed by atoms with Crippen LogP contribution in [0.2, 0.25) is 5.02 Å². The van der Waals surface area contributed by atoms with Crippen LogP contribution in [-0.2, 0) is 16.0 Å². The van der Waals surface area contributed by atoms with Crippen molar-refractivity contribution in [3.8, 4) is 0 Å². The van der Waals surface area contributed by atoms with Gasteiger partial charge in [0, 0.05) is 18.5 Å². The van der Waals surface area contributed by atoms with Gasteiger partial charge in [0.05, 0.1) is 5.69 Å². The fourth-order valence-electron chi connectivity index (χ4n) is 2.33. The number of halogens is 4. The van der Waals surface area contributed by atoms with Gasteiger partial charge in [-0.3, -0.25) is 9.59 Å². The van der Waals surface area contributed by atoms with Crippen LogP contribution in [0.4, 0.5) is 18.9 Å². The molecule has 0 aliphatic rings. The smallest absolute Gasteiger partial charge is 0.240 e. The Bertz CT molecular complexity index is 830. The van der Waals surface area contributed by atoms with Crippen molar-refractivity contribution in [2.75, 3.05) is 18.0 Å². The Hall–Kier alpha value is -2.54. The molecule has 0 saturated carbocycles. The van der Waals surface area contributed by atoms with Crippen molar-refractivity contribution in [2.45, 2.75) is 13.3 Å². The molecule has 0 saturated heterocycles. The van der Waals surface area contributed by atoms with E-state index in [9.17, 15) is 22.8 Å². The number of anilines is 1. The number of amides is 2. The van der Waals surface area contributed by atoms with Crippen LogP contribution >= 0.6 is 11.6 Å². The van der Waals surface area contributed by atoms with Crippen LogP contribution < -0.4 is 10.2 Å². The largest absolute Gasteiger partial charge is 0.354 e. The molecule has 0 fully saturated rings. The molecule has 0 aliphatic carbocycles. The molecule has 0 heterocycles. The molecular formula is C18H16ClF3N2O2. The number of rotatable bonds is 6. The molecule has 8 heteroatoms. The predicted octanol–water partition coefficient (Wildman–Crippen LogP) is 3.47. The lowest BCUT2D eigenvalue weighted by Gasteiger charge is -2.21. The Labute approximate surface area is 153 Å². The van der Waals surface area contributed by atoms with Crippen LogP contribution in [0.25, 0.3) is 0 Å². The highest BCUT2D eigenvalue weighted by molar-refractivity contribution is 6.30. The van der Waals surface area contributed by atoms with Gasteiger partial charge >= 0.3 is 0 Å². The normalized spacial score (nSPS) is 10.5. The Kier molecular flexibility index (Phi) is 6.63. The standard InChI is InChI=1S/C18H16ClF3N2O2/c1-11(25)24(15-6-5-14(20)17(21)18(15)22)10-16(26)23-8-7-12-3-2-4-13(19)9-12/h2-6,9H,7-8,10H2,1H3,(H,23,26). The number of benzene rings is 2. The Morgan fingerprint density at radius 2 is 1.85 bits per heavy atom. The molecule has 26 heavy (non-hydrogen) atoms. The van der Waals surface area contributed by atoms with E-state index in [-0.39, 0.29) is 6.54 Å². The molecule has 138 valence electrons. The zero-order valence-electron chi connectivity index (χ0n) is 13.9. The highest BCUT2D eigenvalue weighted by atomic mass is 35.5. The van der Waals surface area contributed by atoms with E-state index in [0.29, 0.717) is 17.5 Å². The summed E-state index contributed by atoms with van der Waals surface area (Å²) in [6.45, 7) is 0.845. The van der Waals surface area contributed by atoms with Gasteiger partial charge in [0.25, 0.3) is 0 Å². The first-order valence-electron chi connectivity index (χ1n) is 7.72. The van der Waals surface area contributed by atoms with E-state index >= 15 is 0 Å². The summed E-state index contributed by atoms with van der Waals surface area (Å²) in [5, 5.41) is 3.16. The van der Waals surface area contributed by atoms with E-state index in [2.05, 4.69) is 5.32 Å². The number of nitrogens with zero attached hydrogens (tertiary/aromatic N) is 1. The first kappa shape index (κ1) is 19.8. The average molecular weight is 385 g/mol. The molecule has 0 atom stereocenters. The first-order valence-corrected chi connectivity index (χ1v) is 8.10. The van der Waals surface area contributed by atoms with Gasteiger partial charge in [-0.05, 0) is 36.2 Å². The Balaban J connectivity index is 2.00. The van der Waals surface area contributed by atoms with Crippen LogP contribution in [0.5, 0.6) is 0 Å². The van der Waals surface area contributed by atoms with Gasteiger partial charge in [-0.2, -0.15) is 0 Å². The summed E-state index contributed by atoms with van der Waals surface area (Å²) in [6, 6.07) is 8.71. The monoisotopic (exact) mass is 384 g/mol. The number of carbonyl (C=O) groups is 2. The summed E-state index contributed by atoms with van der Waals surface area (Å²) < 4.78 is 40.3. The molecule has 0 radical (unpaired) electrons. The van der Waals surface area contributed by atoms with Gasteiger partial charge in [0.1, 0.15) is 6.54 Å². The van der Waals surface area contributed by atoms with E-state index in [1.807, 2.05) is 6.07 Å². The zero-order valence-corrected chi connectivity index (χ0v) is 14.6. The minimum absolute atomic E-state index is 0.269. The number of hydrogen-bond donors (Lipinski definition) is 1. The van der Waals surface area contributed by atoms with E-state index < -0.39 is 41.5 Å². The lowest BCUT2D eigenvalue weighted by atomic mass is 10.1. The van der Waals surface area contributed by atoms with Crippen molar-refractivity contribution in [3.05, 3.63) is 64.4 Å². The van der Waals surface area contributed by atoms with Gasteiger partial charge < -0.3 is 10.2 Å². The predicted molar refractivity (Wildman–Crippen MR) is 92.5 cm³/mol. The Morgan fingerprint density at radius 1 is 1.12 bits per heavy atom. The fourth-order valence-corrected chi connectivity index (χ4v) is 2.54. The minimum Gasteiger partial charge on any atom is -0.354 e. The summed E-state index contributed by atoms with van der Waals surface area (Å²) in [5.41, 5.74) is 0.411. The second kappa shape index (κ2) is 8.71. The third-order valence-electron chi connectivity index (χ3n) is 3.61.